The largest absolute Gasteiger partial charge is 0.619 e. The van der Waals surface area contributed by atoms with Crippen molar-refractivity contribution in [3.05, 3.63) is 80.7 Å². The maximum absolute atomic E-state index is 13.4. The fourth-order valence-electron chi connectivity index (χ4n) is 3.93. The molecule has 0 unspecified atom stereocenters. The van der Waals surface area contributed by atoms with Gasteiger partial charge in [0.15, 0.2) is 23.9 Å². The first kappa shape index (κ1) is 29.6. The molecular weight excluding hydrogens is 583 g/mol. The summed E-state index contributed by atoms with van der Waals surface area (Å²) in [6.07, 6.45) is 4.54. The smallest absolute Gasteiger partial charge is 0.338 e. The molecule has 1 aliphatic rings. The molecular formula is C27H28Cl2N2O8S. The molecule has 13 heteroatoms. The van der Waals surface area contributed by atoms with E-state index in [4.69, 9.17) is 42.1 Å². The molecule has 0 saturated heterocycles. The predicted octanol–water partition coefficient (Wildman–Crippen LogP) is 4.95. The summed E-state index contributed by atoms with van der Waals surface area (Å²) in [4.78, 5) is 13.4. The Balaban J connectivity index is 1.68. The number of sulfonamides is 1. The van der Waals surface area contributed by atoms with Crippen LogP contribution < -0.4 is 23.7 Å². The summed E-state index contributed by atoms with van der Waals surface area (Å²) in [5.74, 6) is 0.790. The molecule has 40 heavy (non-hydrogen) atoms. The van der Waals surface area contributed by atoms with Crippen LogP contribution in [0.25, 0.3) is 0 Å². The highest BCUT2D eigenvalue weighted by Crippen LogP contribution is 2.37. The molecule has 4 rings (SSSR count). The molecule has 0 aliphatic heterocycles. The number of ether oxygens (including phenoxy) is 4. The van der Waals surface area contributed by atoms with Crippen molar-refractivity contribution in [1.82, 2.24) is 0 Å². The van der Waals surface area contributed by atoms with E-state index in [0.717, 1.165) is 31.5 Å². The van der Waals surface area contributed by atoms with Gasteiger partial charge in [0.25, 0.3) is 0 Å². The third-order valence-electron chi connectivity index (χ3n) is 6.16. The van der Waals surface area contributed by atoms with Crippen LogP contribution in [0.1, 0.15) is 40.4 Å². The van der Waals surface area contributed by atoms with Gasteiger partial charge < -0.3 is 24.2 Å². The number of halogens is 2. The summed E-state index contributed by atoms with van der Waals surface area (Å²) >= 11 is 12.6. The number of carbonyl (C=O) groups is 1. The highest BCUT2D eigenvalue weighted by molar-refractivity contribution is 7.92. The van der Waals surface area contributed by atoms with Crippen LogP contribution in [0.3, 0.4) is 0 Å². The zero-order chi connectivity index (χ0) is 29.0. The lowest BCUT2D eigenvalue weighted by Gasteiger charge is -2.21. The number of anilines is 1. The van der Waals surface area contributed by atoms with Gasteiger partial charge in [-0.2, -0.15) is 4.73 Å². The highest BCUT2D eigenvalue weighted by Gasteiger charge is 2.26. The van der Waals surface area contributed by atoms with Gasteiger partial charge in [-0.15, -0.1) is 0 Å². The van der Waals surface area contributed by atoms with E-state index in [0.29, 0.717) is 39.9 Å². The number of pyridine rings is 1. The lowest BCUT2D eigenvalue weighted by molar-refractivity contribution is -0.605. The van der Waals surface area contributed by atoms with Crippen LogP contribution in [0.5, 0.6) is 17.2 Å². The Hall–Kier alpha value is -3.41. The van der Waals surface area contributed by atoms with Gasteiger partial charge in [0.05, 0.1) is 38.3 Å². The molecule has 1 fully saturated rings. The fraction of sp³-hybridized carbons (Fsp3) is 0.333. The molecule has 10 nitrogen and oxygen atoms in total. The molecule has 1 atom stereocenters. The van der Waals surface area contributed by atoms with E-state index in [1.165, 1.54) is 32.4 Å². The minimum Gasteiger partial charge on any atom is -0.619 e. The van der Waals surface area contributed by atoms with Crippen LogP contribution in [0.2, 0.25) is 10.0 Å². The molecule has 1 heterocycles. The van der Waals surface area contributed by atoms with Crippen LogP contribution in [-0.2, 0) is 21.2 Å². The highest BCUT2D eigenvalue weighted by atomic mass is 35.5. The number of hydrogen-bond acceptors (Lipinski definition) is 8. The Morgan fingerprint density at radius 1 is 1.05 bits per heavy atom. The number of hydrogen-bond donors (Lipinski definition) is 1. The fourth-order valence-corrected chi connectivity index (χ4v) is 5.10. The molecule has 1 aliphatic carbocycles. The van der Waals surface area contributed by atoms with E-state index in [-0.39, 0.29) is 33.5 Å². The quantitative estimate of drug-likeness (QED) is 0.173. The molecule has 1 aromatic heterocycles. The molecule has 2 aromatic carbocycles. The molecule has 1 saturated carbocycles. The molecule has 1 N–H and O–H groups in total. The minimum absolute atomic E-state index is 0.0402. The van der Waals surface area contributed by atoms with Crippen LogP contribution in [0, 0.1) is 11.1 Å². The first-order valence-electron chi connectivity index (χ1n) is 12.2. The summed E-state index contributed by atoms with van der Waals surface area (Å²) in [5, 5.41) is 12.0. The Morgan fingerprint density at radius 2 is 1.73 bits per heavy atom. The van der Waals surface area contributed by atoms with Gasteiger partial charge in [-0.05, 0) is 54.7 Å². The molecule has 3 aromatic rings. The lowest BCUT2D eigenvalue weighted by atomic mass is 10.0. The first-order valence-corrected chi connectivity index (χ1v) is 14.9. The third kappa shape index (κ3) is 7.61. The van der Waals surface area contributed by atoms with E-state index in [2.05, 4.69) is 4.72 Å². The number of carbonyl (C=O) groups excluding carboxylic acids is 1. The Bertz CT molecular complexity index is 1490. The molecule has 0 bridgehead atoms. The average Bonchev–Trinajstić information content (AvgIpc) is 3.72. The SMILES string of the molecule is COc1ccc([C@H](Cc2c(Cl)c[n+]([O-])cc2Cl)OC(=O)c2ccc(NS(C)(=O)=O)c(OCC3CC3)c2)cc1OC. The van der Waals surface area contributed by atoms with Crippen molar-refractivity contribution in [2.45, 2.75) is 25.4 Å². The van der Waals surface area contributed by atoms with E-state index in [1.54, 1.807) is 18.2 Å². The Labute approximate surface area is 242 Å². The van der Waals surface area contributed by atoms with E-state index in [9.17, 15) is 18.4 Å². The summed E-state index contributed by atoms with van der Waals surface area (Å²) in [6, 6.07) is 9.37. The second-order valence-electron chi connectivity index (χ2n) is 9.34. The van der Waals surface area contributed by atoms with Crippen molar-refractivity contribution in [1.29, 1.82) is 0 Å². The van der Waals surface area contributed by atoms with Crippen molar-refractivity contribution in [3.63, 3.8) is 0 Å². The molecule has 214 valence electrons. The summed E-state index contributed by atoms with van der Waals surface area (Å²) < 4.78 is 49.1. The summed E-state index contributed by atoms with van der Waals surface area (Å²) in [7, 11) is -0.602. The average molecular weight is 612 g/mol. The van der Waals surface area contributed by atoms with Crippen LogP contribution >= 0.6 is 23.2 Å². The van der Waals surface area contributed by atoms with E-state index in [1.807, 2.05) is 0 Å². The topological polar surface area (TPSA) is 127 Å². The summed E-state index contributed by atoms with van der Waals surface area (Å²) in [6.45, 7) is 0.399. The van der Waals surface area contributed by atoms with Gasteiger partial charge in [0.2, 0.25) is 10.0 Å². The van der Waals surface area contributed by atoms with Gasteiger partial charge in [-0.1, -0.05) is 29.3 Å². The van der Waals surface area contributed by atoms with Gasteiger partial charge >= 0.3 is 5.97 Å². The number of methoxy groups -OCH3 is 2. The Kier molecular flexibility index (Phi) is 9.17. The molecule has 0 radical (unpaired) electrons. The second kappa shape index (κ2) is 12.4. The van der Waals surface area contributed by atoms with Crippen molar-refractivity contribution in [3.8, 4) is 17.2 Å². The minimum atomic E-state index is -3.59. The predicted molar refractivity (Wildman–Crippen MR) is 150 cm³/mol. The van der Waals surface area contributed by atoms with Gasteiger partial charge in [0.1, 0.15) is 21.9 Å². The van der Waals surface area contributed by atoms with Crippen LogP contribution in [-0.4, -0.2) is 41.5 Å². The number of nitrogens with one attached hydrogen (secondary N) is 1. The van der Waals surface area contributed by atoms with Crippen molar-refractivity contribution in [2.75, 3.05) is 31.8 Å². The summed E-state index contributed by atoms with van der Waals surface area (Å²) in [5.41, 5.74) is 1.31. The number of rotatable bonds is 12. The normalized spacial score (nSPS) is 13.8. The first-order chi connectivity index (χ1) is 19.0. The number of nitrogens with zero attached hydrogens (tertiary/aromatic N) is 1. The van der Waals surface area contributed by atoms with Gasteiger partial charge in [-0.25, -0.2) is 13.2 Å². The second-order valence-corrected chi connectivity index (χ2v) is 11.9. The monoisotopic (exact) mass is 610 g/mol. The van der Waals surface area contributed by atoms with Crippen molar-refractivity contribution >= 4 is 44.9 Å². The van der Waals surface area contributed by atoms with Crippen molar-refractivity contribution < 1.29 is 36.9 Å². The standard InChI is InChI=1S/C27H28Cl2N2O8S/c1-36-23-9-7-17(10-26(23)37-2)24(12-19-20(28)13-31(33)14-21(19)29)39-27(32)18-6-8-22(30-40(3,34)35)25(11-18)38-15-16-4-5-16/h6-11,13-14,16,24,30H,4-5,12,15H2,1-3H3/t24-/m0/s1. The van der Waals surface area contributed by atoms with Gasteiger partial charge in [0, 0.05) is 12.0 Å². The zero-order valence-electron chi connectivity index (χ0n) is 22.0. The van der Waals surface area contributed by atoms with Crippen molar-refractivity contribution in [2.24, 2.45) is 5.92 Å². The van der Waals surface area contributed by atoms with E-state index < -0.39 is 22.1 Å². The zero-order valence-corrected chi connectivity index (χ0v) is 24.3. The van der Waals surface area contributed by atoms with Gasteiger partial charge in [-0.3, -0.25) is 4.72 Å². The maximum atomic E-state index is 13.4. The number of esters is 1. The Morgan fingerprint density at radius 3 is 2.33 bits per heavy atom. The van der Waals surface area contributed by atoms with Crippen LogP contribution in [0.15, 0.2) is 48.8 Å². The molecule has 0 amide bonds. The number of benzene rings is 2. The lowest BCUT2D eigenvalue weighted by Crippen LogP contribution is -2.25. The third-order valence-corrected chi connectivity index (χ3v) is 7.40. The van der Waals surface area contributed by atoms with E-state index >= 15 is 0 Å². The number of aromatic nitrogens is 1. The maximum Gasteiger partial charge on any atom is 0.338 e. The molecule has 0 spiro atoms. The van der Waals surface area contributed by atoms with Crippen LogP contribution in [0.4, 0.5) is 5.69 Å².